The van der Waals surface area contributed by atoms with Gasteiger partial charge in [0.2, 0.25) is 0 Å². The molecule has 4 heteroatoms. The molecular formula is C37H51NO3. The number of ether oxygens (including phenoxy) is 3. The van der Waals surface area contributed by atoms with Gasteiger partial charge in [-0.1, -0.05) is 77.9 Å². The van der Waals surface area contributed by atoms with Gasteiger partial charge in [0, 0.05) is 41.2 Å². The highest BCUT2D eigenvalue weighted by atomic mass is 16.5. The van der Waals surface area contributed by atoms with Crippen LogP contribution < -0.4 is 14.2 Å². The third-order valence-corrected chi connectivity index (χ3v) is 7.11. The molecule has 4 rings (SSSR count). The number of rotatable bonds is 11. The molecule has 222 valence electrons. The highest BCUT2D eigenvalue weighted by Crippen LogP contribution is 2.39. The van der Waals surface area contributed by atoms with Crippen LogP contribution in [0.5, 0.6) is 17.2 Å². The quantitative estimate of drug-likeness (QED) is 0.184. The standard InChI is InChI=1S/C21H28O3.C16H23N/c1-14(2)21(16-7-9-17(10-8-16)24-15(3)4)19-12-11-18(22-5)13-20(19)23-6;1-12(2)9-14-11-17(10-13(3)4)16-8-6-5-7-15(14)16/h7-15,21H,1-6H3;5-8,11-13H,9-10H2,1-4H3. The molecule has 0 spiro atoms. The minimum absolute atomic E-state index is 0.179. The number of fused-ring (bicyclic) bond motifs is 1. The number of para-hydroxylation sites is 1. The highest BCUT2D eigenvalue weighted by Gasteiger charge is 2.22. The number of aromatic nitrogens is 1. The number of hydrogen-bond donors (Lipinski definition) is 0. The van der Waals surface area contributed by atoms with E-state index < -0.39 is 0 Å². The number of nitrogens with zero attached hydrogens (tertiary/aromatic N) is 1. The summed E-state index contributed by atoms with van der Waals surface area (Å²) in [6.07, 6.45) is 3.70. The highest BCUT2D eigenvalue weighted by molar-refractivity contribution is 5.84. The van der Waals surface area contributed by atoms with Crippen LogP contribution in [0, 0.1) is 17.8 Å². The molecule has 1 aromatic heterocycles. The van der Waals surface area contributed by atoms with E-state index in [0.717, 1.165) is 23.8 Å². The van der Waals surface area contributed by atoms with Crippen molar-refractivity contribution in [2.24, 2.45) is 17.8 Å². The van der Waals surface area contributed by atoms with Gasteiger partial charge in [0.05, 0.1) is 20.3 Å². The van der Waals surface area contributed by atoms with Crippen molar-refractivity contribution < 1.29 is 14.2 Å². The maximum atomic E-state index is 5.75. The first-order valence-corrected chi connectivity index (χ1v) is 15.1. The Hall–Kier alpha value is -3.40. The maximum absolute atomic E-state index is 5.75. The Bertz CT molecular complexity index is 1300. The van der Waals surface area contributed by atoms with Crippen molar-refractivity contribution in [1.29, 1.82) is 0 Å². The van der Waals surface area contributed by atoms with Gasteiger partial charge < -0.3 is 18.8 Å². The summed E-state index contributed by atoms with van der Waals surface area (Å²) >= 11 is 0. The lowest BCUT2D eigenvalue weighted by atomic mass is 9.82. The molecule has 0 N–H and O–H groups in total. The van der Waals surface area contributed by atoms with Crippen LogP contribution in [0.1, 0.15) is 78.0 Å². The summed E-state index contributed by atoms with van der Waals surface area (Å²) in [7, 11) is 3.37. The van der Waals surface area contributed by atoms with Crippen LogP contribution in [0.4, 0.5) is 0 Å². The van der Waals surface area contributed by atoms with Crippen molar-refractivity contribution in [3.8, 4) is 17.2 Å². The van der Waals surface area contributed by atoms with Crippen LogP contribution >= 0.6 is 0 Å². The zero-order valence-electron chi connectivity index (χ0n) is 26.9. The molecule has 0 aliphatic heterocycles. The van der Waals surface area contributed by atoms with Gasteiger partial charge in [-0.05, 0) is 73.4 Å². The van der Waals surface area contributed by atoms with E-state index in [1.807, 2.05) is 38.1 Å². The Morgan fingerprint density at radius 2 is 1.37 bits per heavy atom. The molecule has 0 aliphatic carbocycles. The summed E-state index contributed by atoms with van der Waals surface area (Å²) in [5, 5.41) is 1.43. The van der Waals surface area contributed by atoms with E-state index in [-0.39, 0.29) is 12.0 Å². The second-order valence-corrected chi connectivity index (χ2v) is 12.4. The predicted octanol–water partition coefficient (Wildman–Crippen LogP) is 9.77. The summed E-state index contributed by atoms with van der Waals surface area (Å²) in [5.74, 6) is 4.65. The van der Waals surface area contributed by atoms with Crippen LogP contribution in [-0.2, 0) is 13.0 Å². The van der Waals surface area contributed by atoms with Crippen LogP contribution in [0.2, 0.25) is 0 Å². The summed E-state index contributed by atoms with van der Waals surface area (Å²) in [5.41, 5.74) is 5.31. The molecule has 4 nitrogen and oxygen atoms in total. The van der Waals surface area contributed by atoms with Crippen LogP contribution in [-0.4, -0.2) is 24.9 Å². The average Bonchev–Trinajstić information content (AvgIpc) is 3.25. The third kappa shape index (κ3) is 8.79. The van der Waals surface area contributed by atoms with Crippen LogP contribution in [0.25, 0.3) is 10.9 Å². The van der Waals surface area contributed by atoms with E-state index in [1.54, 1.807) is 14.2 Å². The van der Waals surface area contributed by atoms with E-state index >= 15 is 0 Å². The van der Waals surface area contributed by atoms with Gasteiger partial charge in [0.1, 0.15) is 17.2 Å². The van der Waals surface area contributed by atoms with Crippen molar-refractivity contribution in [3.05, 3.63) is 89.6 Å². The lowest BCUT2D eigenvalue weighted by molar-refractivity contribution is 0.242. The second kappa shape index (κ2) is 15.0. The van der Waals surface area contributed by atoms with E-state index in [9.17, 15) is 0 Å². The zero-order valence-corrected chi connectivity index (χ0v) is 26.9. The van der Waals surface area contributed by atoms with Crippen molar-refractivity contribution in [3.63, 3.8) is 0 Å². The average molecular weight is 558 g/mol. The predicted molar refractivity (Wildman–Crippen MR) is 174 cm³/mol. The third-order valence-electron chi connectivity index (χ3n) is 7.11. The van der Waals surface area contributed by atoms with Crippen LogP contribution in [0.3, 0.4) is 0 Å². The van der Waals surface area contributed by atoms with Crippen molar-refractivity contribution in [2.75, 3.05) is 14.2 Å². The van der Waals surface area contributed by atoms with Crippen molar-refractivity contribution in [2.45, 2.75) is 80.4 Å². The fraction of sp³-hybridized carbons (Fsp3) is 0.459. The Kier molecular flexibility index (Phi) is 11.8. The van der Waals surface area contributed by atoms with E-state index in [0.29, 0.717) is 17.8 Å². The Morgan fingerprint density at radius 3 is 1.93 bits per heavy atom. The first-order valence-electron chi connectivity index (χ1n) is 15.1. The van der Waals surface area contributed by atoms with Crippen molar-refractivity contribution in [1.82, 2.24) is 4.57 Å². The number of methoxy groups -OCH3 is 2. The lowest BCUT2D eigenvalue weighted by Crippen LogP contribution is -2.11. The summed E-state index contributed by atoms with van der Waals surface area (Å²) < 4.78 is 19.1. The normalized spacial score (nSPS) is 12.1. The molecule has 1 atom stereocenters. The Morgan fingerprint density at radius 1 is 0.707 bits per heavy atom. The van der Waals surface area contributed by atoms with Crippen molar-refractivity contribution >= 4 is 10.9 Å². The fourth-order valence-corrected chi connectivity index (χ4v) is 5.49. The largest absolute Gasteiger partial charge is 0.497 e. The summed E-state index contributed by atoms with van der Waals surface area (Å²) in [4.78, 5) is 0. The SMILES string of the molecule is CC(C)Cc1cn(CC(C)C)c2ccccc12.COc1ccc(C(c2ccc(OC(C)C)cc2)C(C)C)c(OC)c1. The summed E-state index contributed by atoms with van der Waals surface area (Å²) in [6.45, 7) is 18.8. The molecular weight excluding hydrogens is 506 g/mol. The van der Waals surface area contributed by atoms with Gasteiger partial charge in [0.25, 0.3) is 0 Å². The van der Waals surface area contributed by atoms with Gasteiger partial charge in [0.15, 0.2) is 0 Å². The molecule has 41 heavy (non-hydrogen) atoms. The molecule has 0 saturated carbocycles. The second-order valence-electron chi connectivity index (χ2n) is 12.4. The van der Waals surface area contributed by atoms with Gasteiger partial charge >= 0.3 is 0 Å². The van der Waals surface area contributed by atoms with Gasteiger partial charge in [-0.3, -0.25) is 0 Å². The maximum Gasteiger partial charge on any atom is 0.126 e. The van der Waals surface area contributed by atoms with Crippen LogP contribution in [0.15, 0.2) is 72.9 Å². The molecule has 1 unspecified atom stereocenters. The Labute approximate surface area is 248 Å². The molecule has 3 aromatic carbocycles. The Balaban J connectivity index is 0.000000239. The van der Waals surface area contributed by atoms with Gasteiger partial charge in [-0.25, -0.2) is 0 Å². The molecule has 0 saturated heterocycles. The van der Waals surface area contributed by atoms with E-state index in [1.165, 1.54) is 34.0 Å². The summed E-state index contributed by atoms with van der Waals surface area (Å²) in [6, 6.07) is 23.2. The molecule has 4 aromatic rings. The molecule has 1 heterocycles. The first-order chi connectivity index (χ1) is 19.5. The first kappa shape index (κ1) is 32.1. The molecule has 0 bridgehead atoms. The number of hydrogen-bond acceptors (Lipinski definition) is 3. The fourth-order valence-electron chi connectivity index (χ4n) is 5.49. The molecule has 0 radical (unpaired) electrons. The molecule has 0 fully saturated rings. The molecule has 0 aliphatic rings. The van der Waals surface area contributed by atoms with E-state index in [4.69, 9.17) is 14.2 Å². The van der Waals surface area contributed by atoms with Gasteiger partial charge in [-0.2, -0.15) is 0 Å². The van der Waals surface area contributed by atoms with Gasteiger partial charge in [-0.15, -0.1) is 0 Å². The molecule has 0 amide bonds. The minimum Gasteiger partial charge on any atom is -0.497 e. The lowest BCUT2D eigenvalue weighted by Gasteiger charge is -2.24. The monoisotopic (exact) mass is 557 g/mol. The van der Waals surface area contributed by atoms with E-state index in [2.05, 4.69) is 94.8 Å². The minimum atomic E-state index is 0.179. The topological polar surface area (TPSA) is 32.6 Å². The smallest absolute Gasteiger partial charge is 0.126 e. The number of benzene rings is 3. The zero-order chi connectivity index (χ0) is 30.1.